The summed E-state index contributed by atoms with van der Waals surface area (Å²) < 4.78 is 5.54. The van der Waals surface area contributed by atoms with Crippen LogP contribution >= 0.6 is 15.9 Å². The first kappa shape index (κ1) is 8.99. The van der Waals surface area contributed by atoms with Crippen molar-refractivity contribution in [2.75, 3.05) is 7.11 Å². The fourth-order valence-electron chi connectivity index (χ4n) is 0.813. The summed E-state index contributed by atoms with van der Waals surface area (Å²) in [5, 5.41) is 8.64. The molecule has 5 heteroatoms. The molecular weight excluding hydrogens is 226 g/mol. The molecule has 0 heterocycles. The minimum absolute atomic E-state index is 0.0758. The van der Waals surface area contributed by atoms with Crippen LogP contribution in [-0.4, -0.2) is 17.2 Å². The standard InChI is InChI=1S/C7H7BrNO3/c1-12-7-3-2-5(8)4-6(7)9(10)11/h2-4H,1H3,(H,10,11)/q+1. The molecule has 1 rings (SSSR count). The van der Waals surface area contributed by atoms with Gasteiger partial charge in [0.1, 0.15) is 0 Å². The summed E-state index contributed by atoms with van der Waals surface area (Å²) in [6.07, 6.45) is 0. The monoisotopic (exact) mass is 232 g/mol. The highest BCUT2D eigenvalue weighted by atomic mass is 79.9. The Morgan fingerprint density at radius 3 is 2.75 bits per heavy atom. The lowest BCUT2D eigenvalue weighted by Crippen LogP contribution is -1.95. The first-order valence-electron chi connectivity index (χ1n) is 3.15. The number of hydrogen-bond donors (Lipinski definition) is 1. The van der Waals surface area contributed by atoms with Crippen molar-refractivity contribution in [2.24, 2.45) is 0 Å². The van der Waals surface area contributed by atoms with Crippen molar-refractivity contribution in [1.29, 1.82) is 0 Å². The van der Waals surface area contributed by atoms with Crippen molar-refractivity contribution in [3.8, 4) is 5.75 Å². The van der Waals surface area contributed by atoms with Crippen molar-refractivity contribution in [1.82, 2.24) is 0 Å². The molecule has 4 nitrogen and oxygen atoms in total. The molecular formula is C7H7BrNO3+. The molecule has 0 aromatic heterocycles. The smallest absolute Gasteiger partial charge is 0.359 e. The second-order valence-electron chi connectivity index (χ2n) is 2.09. The highest BCUT2D eigenvalue weighted by Gasteiger charge is 2.19. The lowest BCUT2D eigenvalue weighted by atomic mass is 10.3. The summed E-state index contributed by atoms with van der Waals surface area (Å²) in [6.45, 7) is 0. The molecule has 0 saturated heterocycles. The maximum absolute atomic E-state index is 10.5. The van der Waals surface area contributed by atoms with Gasteiger partial charge in [-0.25, -0.2) is 5.21 Å². The maximum Gasteiger partial charge on any atom is 0.359 e. The van der Waals surface area contributed by atoms with Gasteiger partial charge in [-0.2, -0.15) is 0 Å². The third-order valence-electron chi connectivity index (χ3n) is 1.35. The molecule has 64 valence electrons. The number of halogens is 1. The molecule has 0 fully saturated rings. The van der Waals surface area contributed by atoms with Crippen LogP contribution in [-0.2, 0) is 0 Å². The van der Waals surface area contributed by atoms with Gasteiger partial charge in [0.15, 0.2) is 0 Å². The van der Waals surface area contributed by atoms with Crippen LogP contribution < -0.4 is 4.74 Å². The first-order chi connectivity index (χ1) is 5.65. The van der Waals surface area contributed by atoms with Gasteiger partial charge >= 0.3 is 5.69 Å². The highest BCUT2D eigenvalue weighted by Crippen LogP contribution is 2.28. The largest absolute Gasteiger partial charge is 0.490 e. The van der Waals surface area contributed by atoms with Gasteiger partial charge in [0.2, 0.25) is 5.75 Å². The minimum Gasteiger partial charge on any atom is -0.490 e. The zero-order chi connectivity index (χ0) is 9.14. The zero-order valence-electron chi connectivity index (χ0n) is 6.32. The van der Waals surface area contributed by atoms with E-state index in [4.69, 9.17) is 9.94 Å². The van der Waals surface area contributed by atoms with E-state index in [2.05, 4.69) is 15.9 Å². The molecule has 1 N–H and O–H groups in total. The molecule has 0 unspecified atom stereocenters. The molecule has 0 radical (unpaired) electrons. The lowest BCUT2D eigenvalue weighted by molar-refractivity contribution is -0.730. The van der Waals surface area contributed by atoms with Gasteiger partial charge in [-0.1, -0.05) is 15.9 Å². The number of ether oxygens (including phenoxy) is 1. The van der Waals surface area contributed by atoms with Crippen LogP contribution in [0.3, 0.4) is 0 Å². The molecule has 0 saturated carbocycles. The van der Waals surface area contributed by atoms with Crippen LogP contribution in [0.1, 0.15) is 0 Å². The summed E-state index contributed by atoms with van der Waals surface area (Å²) >= 11 is 3.16. The van der Waals surface area contributed by atoms with Gasteiger partial charge in [-0.15, -0.1) is 0 Å². The number of methoxy groups -OCH3 is 1. The number of benzene rings is 1. The van der Waals surface area contributed by atoms with E-state index < -0.39 is 0 Å². The average molecular weight is 233 g/mol. The molecule has 0 aliphatic rings. The molecule has 0 bridgehead atoms. The van der Waals surface area contributed by atoms with Gasteiger partial charge in [0.05, 0.1) is 12.0 Å². The van der Waals surface area contributed by atoms with Gasteiger partial charge in [-0.05, 0) is 12.1 Å². The molecule has 0 atom stereocenters. The predicted molar refractivity (Wildman–Crippen MR) is 45.8 cm³/mol. The van der Waals surface area contributed by atoms with E-state index in [1.54, 1.807) is 12.1 Å². The van der Waals surface area contributed by atoms with E-state index in [0.29, 0.717) is 10.2 Å². The summed E-state index contributed by atoms with van der Waals surface area (Å²) in [4.78, 5) is 10.3. The molecule has 0 amide bonds. The molecule has 1 aromatic carbocycles. The molecule has 0 spiro atoms. The third-order valence-corrected chi connectivity index (χ3v) is 1.84. The topological polar surface area (TPSA) is 49.5 Å². The Bertz CT molecular complexity index is 314. The van der Waals surface area contributed by atoms with Crippen LogP contribution in [0.15, 0.2) is 22.7 Å². The second kappa shape index (κ2) is 3.53. The zero-order valence-corrected chi connectivity index (χ0v) is 7.91. The number of nitrogens with zero attached hydrogens (tertiary/aromatic N) is 1. The van der Waals surface area contributed by atoms with E-state index >= 15 is 0 Å². The van der Waals surface area contributed by atoms with Crippen LogP contribution in [0.2, 0.25) is 0 Å². The van der Waals surface area contributed by atoms with Crippen molar-refractivity contribution < 1.29 is 14.9 Å². The Labute approximate surface area is 77.4 Å². The SMILES string of the molecule is COc1ccc(Br)cc1[N+](=O)O. The Morgan fingerprint density at radius 2 is 2.25 bits per heavy atom. The van der Waals surface area contributed by atoms with Crippen LogP contribution in [0.5, 0.6) is 5.75 Å². The molecule has 12 heavy (non-hydrogen) atoms. The summed E-state index contributed by atoms with van der Waals surface area (Å²) in [5.74, 6) is 0.329. The van der Waals surface area contributed by atoms with Crippen molar-refractivity contribution >= 4 is 21.6 Å². The van der Waals surface area contributed by atoms with Crippen LogP contribution in [0.25, 0.3) is 0 Å². The Morgan fingerprint density at radius 1 is 1.58 bits per heavy atom. The van der Waals surface area contributed by atoms with E-state index in [9.17, 15) is 4.91 Å². The van der Waals surface area contributed by atoms with Gasteiger partial charge in [0.25, 0.3) is 4.92 Å². The van der Waals surface area contributed by atoms with E-state index in [-0.39, 0.29) is 10.6 Å². The second-order valence-corrected chi connectivity index (χ2v) is 3.00. The quantitative estimate of drug-likeness (QED) is 0.797. The Balaban J connectivity index is 3.21. The number of hydrogen-bond acceptors (Lipinski definition) is 2. The molecule has 1 aromatic rings. The minimum atomic E-state index is -0.233. The van der Waals surface area contributed by atoms with Gasteiger partial charge < -0.3 is 4.74 Å². The highest BCUT2D eigenvalue weighted by molar-refractivity contribution is 9.10. The van der Waals surface area contributed by atoms with Crippen molar-refractivity contribution in [3.63, 3.8) is 0 Å². The van der Waals surface area contributed by atoms with Crippen LogP contribution in [0.4, 0.5) is 5.69 Å². The maximum atomic E-state index is 10.5. The van der Waals surface area contributed by atoms with Crippen LogP contribution in [0, 0.1) is 4.91 Å². The molecule has 0 aliphatic heterocycles. The summed E-state index contributed by atoms with van der Waals surface area (Å²) in [6, 6.07) is 4.76. The summed E-state index contributed by atoms with van der Waals surface area (Å²) in [7, 11) is 1.43. The fraction of sp³-hybridized carbons (Fsp3) is 0.143. The number of rotatable bonds is 2. The van der Waals surface area contributed by atoms with Crippen molar-refractivity contribution in [3.05, 3.63) is 27.6 Å². The van der Waals surface area contributed by atoms with E-state index in [1.807, 2.05) is 0 Å². The van der Waals surface area contributed by atoms with Gasteiger partial charge in [-0.3, -0.25) is 0 Å². The Kier molecular flexibility index (Phi) is 2.65. The van der Waals surface area contributed by atoms with Gasteiger partial charge in [0, 0.05) is 10.5 Å². The normalized spacial score (nSPS) is 9.50. The van der Waals surface area contributed by atoms with E-state index in [0.717, 1.165) is 0 Å². The molecule has 0 aliphatic carbocycles. The summed E-state index contributed by atoms with van der Waals surface area (Å²) in [5.41, 5.74) is 0.0758. The fourth-order valence-corrected chi connectivity index (χ4v) is 1.16. The first-order valence-corrected chi connectivity index (χ1v) is 3.94. The Hall–Kier alpha value is -1.10. The predicted octanol–water partition coefficient (Wildman–Crippen LogP) is 2.26. The third kappa shape index (κ3) is 1.73. The lowest BCUT2D eigenvalue weighted by Gasteiger charge is -1.97. The van der Waals surface area contributed by atoms with E-state index in [1.165, 1.54) is 13.2 Å². The van der Waals surface area contributed by atoms with Crippen molar-refractivity contribution in [2.45, 2.75) is 0 Å². The average Bonchev–Trinajstić information content (AvgIpc) is 2.04.